The Bertz CT molecular complexity index is 1480. The molecule has 0 bridgehead atoms. The fourth-order valence-corrected chi connectivity index (χ4v) is 4.63. The van der Waals surface area contributed by atoms with Crippen LogP contribution in [0.5, 0.6) is 5.75 Å². The number of nitrogens with one attached hydrogen (secondary N) is 1. The molecule has 1 saturated heterocycles. The van der Waals surface area contributed by atoms with Crippen LogP contribution in [0.15, 0.2) is 70.1 Å². The zero-order chi connectivity index (χ0) is 26.9. The summed E-state index contributed by atoms with van der Waals surface area (Å²) >= 11 is 0. The molecular weight excluding hydrogens is 495 g/mol. The molecule has 0 aliphatic carbocycles. The number of oxazole rings is 1. The first-order valence-corrected chi connectivity index (χ1v) is 12.5. The highest BCUT2D eigenvalue weighted by Gasteiger charge is 2.32. The van der Waals surface area contributed by atoms with Gasteiger partial charge in [-0.1, -0.05) is 6.07 Å². The van der Waals surface area contributed by atoms with Crippen LogP contribution in [0.2, 0.25) is 0 Å². The smallest absolute Gasteiger partial charge is 0.416 e. The zero-order valence-corrected chi connectivity index (χ0v) is 21.1. The maximum Gasteiger partial charge on any atom is 0.416 e. The van der Waals surface area contributed by atoms with Crippen LogP contribution in [-0.2, 0) is 12.6 Å². The van der Waals surface area contributed by atoms with Gasteiger partial charge in [0.2, 0.25) is 0 Å². The van der Waals surface area contributed by atoms with Crippen molar-refractivity contribution in [2.75, 3.05) is 20.1 Å². The number of aromatic amines is 1. The molecule has 1 aliphatic rings. The molecule has 0 radical (unpaired) electrons. The predicted octanol–water partition coefficient (Wildman–Crippen LogP) is 6.09. The largest absolute Gasteiger partial charge is 0.490 e. The lowest BCUT2D eigenvalue weighted by atomic mass is 9.99. The van der Waals surface area contributed by atoms with Crippen LogP contribution in [0.1, 0.15) is 35.4 Å². The van der Waals surface area contributed by atoms with Gasteiger partial charge in [-0.3, -0.25) is 4.79 Å². The molecule has 198 valence electrons. The molecule has 2 aromatic carbocycles. The summed E-state index contributed by atoms with van der Waals surface area (Å²) in [6, 6.07) is 12.4. The van der Waals surface area contributed by atoms with Gasteiger partial charge in [0.1, 0.15) is 11.9 Å². The number of nitrogens with zero attached hydrogens (tertiary/aromatic N) is 2. The number of rotatable bonds is 6. The molecule has 0 atom stereocenters. The van der Waals surface area contributed by atoms with Crippen LogP contribution in [0, 0.1) is 6.92 Å². The minimum absolute atomic E-state index is 0.136. The van der Waals surface area contributed by atoms with Crippen LogP contribution in [0.3, 0.4) is 0 Å². The molecule has 9 heteroatoms. The van der Waals surface area contributed by atoms with Crippen molar-refractivity contribution in [1.82, 2.24) is 14.9 Å². The number of likely N-dealkylation sites (tertiary alicyclic amines) is 1. The summed E-state index contributed by atoms with van der Waals surface area (Å²) in [7, 11) is 2.10. The highest BCUT2D eigenvalue weighted by atomic mass is 19.4. The summed E-state index contributed by atoms with van der Waals surface area (Å²) in [6.45, 7) is 3.98. The van der Waals surface area contributed by atoms with Crippen molar-refractivity contribution >= 4 is 0 Å². The lowest BCUT2D eigenvalue weighted by Crippen LogP contribution is -2.35. The van der Waals surface area contributed by atoms with E-state index in [1.807, 2.05) is 25.1 Å². The highest BCUT2D eigenvalue weighted by Crippen LogP contribution is 2.36. The van der Waals surface area contributed by atoms with E-state index in [0.29, 0.717) is 12.3 Å². The Morgan fingerprint density at radius 1 is 1.11 bits per heavy atom. The summed E-state index contributed by atoms with van der Waals surface area (Å²) in [5, 5.41) is 0. The fourth-order valence-electron chi connectivity index (χ4n) is 4.63. The number of piperidine rings is 1. The number of hydrogen-bond donors (Lipinski definition) is 1. The van der Waals surface area contributed by atoms with Gasteiger partial charge in [-0.2, -0.15) is 13.2 Å². The number of aromatic nitrogens is 2. The number of aryl methyl sites for hydroxylation is 1. The third kappa shape index (κ3) is 5.83. The molecule has 1 N–H and O–H groups in total. The van der Waals surface area contributed by atoms with E-state index < -0.39 is 17.3 Å². The highest BCUT2D eigenvalue weighted by molar-refractivity contribution is 5.71. The summed E-state index contributed by atoms with van der Waals surface area (Å²) in [5.41, 5.74) is 1.11. The third-order valence-electron chi connectivity index (χ3n) is 6.86. The molecule has 5 rings (SSSR count). The van der Waals surface area contributed by atoms with Crippen LogP contribution in [0.4, 0.5) is 13.2 Å². The predicted molar refractivity (Wildman–Crippen MR) is 138 cm³/mol. The van der Waals surface area contributed by atoms with E-state index in [2.05, 4.69) is 21.9 Å². The van der Waals surface area contributed by atoms with Crippen molar-refractivity contribution in [2.45, 2.75) is 38.5 Å². The van der Waals surface area contributed by atoms with E-state index in [4.69, 9.17) is 9.15 Å². The van der Waals surface area contributed by atoms with Crippen molar-refractivity contribution in [1.29, 1.82) is 0 Å². The van der Waals surface area contributed by atoms with Crippen molar-refractivity contribution < 1.29 is 22.3 Å². The van der Waals surface area contributed by atoms with E-state index in [1.54, 1.807) is 6.07 Å². The Kier molecular flexibility index (Phi) is 7.12. The average molecular weight is 524 g/mol. The van der Waals surface area contributed by atoms with Gasteiger partial charge in [0, 0.05) is 36.8 Å². The Labute approximate surface area is 218 Å². The Morgan fingerprint density at radius 2 is 1.87 bits per heavy atom. The first kappa shape index (κ1) is 25.8. The van der Waals surface area contributed by atoms with Gasteiger partial charge in [0.15, 0.2) is 11.7 Å². The van der Waals surface area contributed by atoms with Gasteiger partial charge in [0.05, 0.1) is 11.8 Å². The van der Waals surface area contributed by atoms with E-state index in [0.717, 1.165) is 54.9 Å². The van der Waals surface area contributed by atoms with Crippen LogP contribution in [-0.4, -0.2) is 41.1 Å². The number of ether oxygens (including phenoxy) is 1. The molecule has 4 aromatic rings. The average Bonchev–Trinajstić information content (AvgIpc) is 3.35. The van der Waals surface area contributed by atoms with Crippen LogP contribution >= 0.6 is 0 Å². The van der Waals surface area contributed by atoms with E-state index in [1.165, 1.54) is 24.5 Å². The molecule has 0 saturated carbocycles. The zero-order valence-electron chi connectivity index (χ0n) is 21.1. The summed E-state index contributed by atoms with van der Waals surface area (Å²) in [5.74, 6) is 1.34. The quantitative estimate of drug-likeness (QED) is 0.331. The molecule has 6 nitrogen and oxygen atoms in total. The maximum absolute atomic E-state index is 13.7. The number of alkyl halides is 3. The lowest BCUT2D eigenvalue weighted by Gasteiger charge is -2.29. The van der Waals surface area contributed by atoms with E-state index in [-0.39, 0.29) is 28.6 Å². The normalized spacial score (nSPS) is 15.1. The Hall–Kier alpha value is -3.85. The monoisotopic (exact) mass is 523 g/mol. The van der Waals surface area contributed by atoms with Crippen LogP contribution in [0.25, 0.3) is 22.5 Å². The fraction of sp³-hybridized carbons (Fsp3) is 0.310. The van der Waals surface area contributed by atoms with Gasteiger partial charge < -0.3 is 19.0 Å². The van der Waals surface area contributed by atoms with Gasteiger partial charge >= 0.3 is 6.18 Å². The first-order chi connectivity index (χ1) is 18.2. The van der Waals surface area contributed by atoms with Gasteiger partial charge in [-0.05, 0) is 86.0 Å². The summed E-state index contributed by atoms with van der Waals surface area (Å²) in [6.07, 6.45) is 0.715. The molecule has 1 fully saturated rings. The van der Waals surface area contributed by atoms with Gasteiger partial charge in [-0.25, -0.2) is 4.98 Å². The van der Waals surface area contributed by atoms with Crippen molar-refractivity contribution in [2.24, 2.45) is 0 Å². The lowest BCUT2D eigenvalue weighted by molar-refractivity contribution is -0.137. The minimum atomic E-state index is -4.60. The topological polar surface area (TPSA) is 71.4 Å². The molecule has 2 aromatic heterocycles. The molecule has 0 unspecified atom stereocenters. The number of hydrogen-bond acceptors (Lipinski definition) is 5. The summed E-state index contributed by atoms with van der Waals surface area (Å²) in [4.78, 5) is 21.4. The number of halogens is 3. The van der Waals surface area contributed by atoms with Crippen LogP contribution < -0.4 is 10.3 Å². The number of H-pyrrole nitrogens is 1. The molecule has 38 heavy (non-hydrogen) atoms. The molecular formula is C29H28F3N3O3. The second kappa shape index (κ2) is 10.5. The molecule has 0 spiro atoms. The molecule has 3 heterocycles. The molecule has 0 amide bonds. The van der Waals surface area contributed by atoms with Crippen molar-refractivity contribution in [3.8, 4) is 28.2 Å². The molecule has 1 aliphatic heterocycles. The van der Waals surface area contributed by atoms with E-state index >= 15 is 0 Å². The SMILES string of the molecule is Cc1ccc(OC2CCN(C)CC2)cc1Cc1ncc(-c2cc(-c3ccc[nH]c3=O)cc(C(F)(F)F)c2)o1. The maximum atomic E-state index is 13.7. The number of pyridine rings is 1. The standard InChI is InChI=1S/C29H28F3N3O3/c1-18-5-6-24(37-23-7-10-35(2)11-8-23)15-19(18)16-27-34-17-26(38-27)21-12-20(13-22(14-21)29(30,31)32)25-4-3-9-33-28(25)36/h3-6,9,12-15,17,23H,7-8,10-11,16H2,1-2H3,(H,33,36). The Balaban J connectivity index is 1.41. The minimum Gasteiger partial charge on any atom is -0.490 e. The second-order valence-electron chi connectivity index (χ2n) is 9.71. The second-order valence-corrected chi connectivity index (χ2v) is 9.71. The number of benzene rings is 2. The first-order valence-electron chi connectivity index (χ1n) is 12.5. The Morgan fingerprint density at radius 3 is 2.61 bits per heavy atom. The third-order valence-corrected chi connectivity index (χ3v) is 6.86. The van der Waals surface area contributed by atoms with E-state index in [9.17, 15) is 18.0 Å². The van der Waals surface area contributed by atoms with Crippen molar-refractivity contribution in [3.05, 3.63) is 93.9 Å². The van der Waals surface area contributed by atoms with Gasteiger partial charge in [0.25, 0.3) is 5.56 Å². The van der Waals surface area contributed by atoms with Gasteiger partial charge in [-0.15, -0.1) is 0 Å². The summed E-state index contributed by atoms with van der Waals surface area (Å²) < 4.78 is 53.2. The van der Waals surface area contributed by atoms with Crippen molar-refractivity contribution in [3.63, 3.8) is 0 Å².